The molecule has 1 aromatic heterocycles. The Morgan fingerprint density at radius 2 is 2.19 bits per heavy atom. The molecule has 1 rings (SSSR count). The molecule has 0 aliphatic heterocycles. The molecular formula is C9H10ClN3O2S. The molecule has 0 aliphatic carbocycles. The van der Waals surface area contributed by atoms with E-state index in [1.807, 2.05) is 0 Å². The lowest BCUT2D eigenvalue weighted by Crippen LogP contribution is -2.22. The molecule has 5 nitrogen and oxygen atoms in total. The largest absolute Gasteiger partial charge is 0.248 e. The summed E-state index contributed by atoms with van der Waals surface area (Å²) in [5.74, 6) is -0.0402. The summed E-state index contributed by atoms with van der Waals surface area (Å²) in [6, 6.07) is 3.21. The van der Waals surface area contributed by atoms with Crippen molar-refractivity contribution in [1.29, 1.82) is 5.26 Å². The molecule has 0 saturated carbocycles. The SMILES string of the molecule is Cc1cc(C#N)nc(S(=O)(=O)C(C)CCl)n1. The minimum Gasteiger partial charge on any atom is -0.224 e. The fraction of sp³-hybridized carbons (Fsp3) is 0.444. The van der Waals surface area contributed by atoms with Crippen LogP contribution in [0.5, 0.6) is 0 Å². The van der Waals surface area contributed by atoms with Gasteiger partial charge in [-0.1, -0.05) is 0 Å². The van der Waals surface area contributed by atoms with Crippen LogP contribution in [-0.2, 0) is 9.84 Å². The molecule has 0 bridgehead atoms. The summed E-state index contributed by atoms with van der Waals surface area (Å²) in [4.78, 5) is 7.49. The Morgan fingerprint density at radius 3 is 2.69 bits per heavy atom. The van der Waals surface area contributed by atoms with Crippen molar-refractivity contribution < 1.29 is 8.42 Å². The minimum absolute atomic E-state index is 0.0350. The van der Waals surface area contributed by atoms with Crippen molar-refractivity contribution in [3.8, 4) is 6.07 Å². The van der Waals surface area contributed by atoms with E-state index >= 15 is 0 Å². The standard InChI is InChI=1S/C9H10ClN3O2S/c1-6-3-8(5-11)13-9(12-6)16(14,15)7(2)4-10/h3,7H,4H2,1-2H3. The average molecular weight is 260 g/mol. The summed E-state index contributed by atoms with van der Waals surface area (Å²) in [7, 11) is -3.65. The predicted molar refractivity (Wildman–Crippen MR) is 58.9 cm³/mol. The van der Waals surface area contributed by atoms with Gasteiger partial charge >= 0.3 is 0 Å². The number of hydrogen-bond acceptors (Lipinski definition) is 5. The molecule has 0 N–H and O–H groups in total. The Morgan fingerprint density at radius 1 is 1.56 bits per heavy atom. The van der Waals surface area contributed by atoms with Crippen LogP contribution in [0.2, 0.25) is 0 Å². The number of alkyl halides is 1. The third kappa shape index (κ3) is 2.49. The van der Waals surface area contributed by atoms with Crippen LogP contribution in [0.15, 0.2) is 11.2 Å². The molecule has 16 heavy (non-hydrogen) atoms. The van der Waals surface area contributed by atoms with Crippen LogP contribution in [0.1, 0.15) is 18.3 Å². The molecule has 0 saturated heterocycles. The van der Waals surface area contributed by atoms with E-state index in [2.05, 4.69) is 9.97 Å². The van der Waals surface area contributed by atoms with Crippen molar-refractivity contribution in [1.82, 2.24) is 9.97 Å². The normalized spacial score (nSPS) is 13.1. The van der Waals surface area contributed by atoms with E-state index in [9.17, 15) is 8.42 Å². The van der Waals surface area contributed by atoms with Gasteiger partial charge in [-0.05, 0) is 19.9 Å². The zero-order chi connectivity index (χ0) is 12.3. The van der Waals surface area contributed by atoms with E-state index in [1.165, 1.54) is 13.0 Å². The Balaban J connectivity index is 3.35. The molecule has 0 radical (unpaired) electrons. The molecule has 0 spiro atoms. The highest BCUT2D eigenvalue weighted by molar-refractivity contribution is 7.91. The quantitative estimate of drug-likeness (QED) is 0.599. The van der Waals surface area contributed by atoms with Gasteiger partial charge in [0.1, 0.15) is 11.8 Å². The first kappa shape index (κ1) is 12.9. The van der Waals surface area contributed by atoms with Crippen molar-refractivity contribution in [3.05, 3.63) is 17.5 Å². The Hall–Kier alpha value is -1.19. The highest BCUT2D eigenvalue weighted by Gasteiger charge is 2.26. The van der Waals surface area contributed by atoms with Gasteiger partial charge in [-0.2, -0.15) is 5.26 Å². The zero-order valence-electron chi connectivity index (χ0n) is 8.81. The highest BCUT2D eigenvalue weighted by atomic mass is 35.5. The molecule has 0 aromatic carbocycles. The van der Waals surface area contributed by atoms with Crippen LogP contribution in [0.25, 0.3) is 0 Å². The van der Waals surface area contributed by atoms with Crippen LogP contribution >= 0.6 is 11.6 Å². The van der Waals surface area contributed by atoms with Gasteiger partial charge in [0.05, 0.1) is 5.25 Å². The third-order valence-electron chi connectivity index (χ3n) is 1.95. The summed E-state index contributed by atoms with van der Waals surface area (Å²) < 4.78 is 23.7. The lowest BCUT2D eigenvalue weighted by Gasteiger charge is -2.08. The average Bonchev–Trinajstić information content (AvgIpc) is 2.26. The number of sulfone groups is 1. The van der Waals surface area contributed by atoms with E-state index in [0.717, 1.165) is 0 Å². The molecular weight excluding hydrogens is 250 g/mol. The van der Waals surface area contributed by atoms with E-state index in [1.54, 1.807) is 13.0 Å². The summed E-state index contributed by atoms with van der Waals surface area (Å²) in [6.45, 7) is 3.08. The first-order valence-electron chi connectivity index (χ1n) is 4.47. The molecule has 1 atom stereocenters. The van der Waals surface area contributed by atoms with Crippen LogP contribution < -0.4 is 0 Å². The number of aryl methyl sites for hydroxylation is 1. The van der Waals surface area contributed by atoms with Crippen molar-refractivity contribution in [2.45, 2.75) is 24.3 Å². The van der Waals surface area contributed by atoms with Gasteiger partial charge < -0.3 is 0 Å². The maximum Gasteiger partial charge on any atom is 0.248 e. The minimum atomic E-state index is -3.65. The van der Waals surface area contributed by atoms with Crippen LogP contribution in [0, 0.1) is 18.3 Å². The zero-order valence-corrected chi connectivity index (χ0v) is 10.4. The molecule has 1 heterocycles. The molecule has 1 aromatic rings. The van der Waals surface area contributed by atoms with Gasteiger partial charge in [0, 0.05) is 11.6 Å². The molecule has 1 unspecified atom stereocenters. The van der Waals surface area contributed by atoms with Gasteiger partial charge in [-0.15, -0.1) is 11.6 Å². The van der Waals surface area contributed by atoms with Gasteiger partial charge in [0.15, 0.2) is 0 Å². The van der Waals surface area contributed by atoms with E-state index < -0.39 is 15.1 Å². The van der Waals surface area contributed by atoms with Crippen molar-refractivity contribution in [2.75, 3.05) is 5.88 Å². The topological polar surface area (TPSA) is 83.7 Å². The summed E-state index contributed by atoms with van der Waals surface area (Å²) >= 11 is 5.50. The Kier molecular flexibility index (Phi) is 3.83. The first-order valence-corrected chi connectivity index (χ1v) is 6.55. The smallest absolute Gasteiger partial charge is 0.224 e. The first-order chi connectivity index (χ1) is 7.41. The number of hydrogen-bond donors (Lipinski definition) is 0. The summed E-state index contributed by atoms with van der Waals surface area (Å²) in [6.07, 6.45) is 0. The Bertz CT molecular complexity index is 536. The van der Waals surface area contributed by atoms with Crippen LogP contribution in [-0.4, -0.2) is 29.5 Å². The third-order valence-corrected chi connectivity index (χ3v) is 4.51. The number of halogens is 1. The maximum absolute atomic E-state index is 11.9. The fourth-order valence-electron chi connectivity index (χ4n) is 0.989. The summed E-state index contributed by atoms with van der Waals surface area (Å²) in [5.41, 5.74) is 0.472. The number of aromatic nitrogens is 2. The monoisotopic (exact) mass is 259 g/mol. The van der Waals surface area contributed by atoms with Crippen molar-refractivity contribution in [2.24, 2.45) is 0 Å². The van der Waals surface area contributed by atoms with Gasteiger partial charge in [0.2, 0.25) is 15.0 Å². The van der Waals surface area contributed by atoms with E-state index in [-0.39, 0.29) is 16.7 Å². The van der Waals surface area contributed by atoms with Crippen molar-refractivity contribution >= 4 is 21.4 Å². The van der Waals surface area contributed by atoms with Crippen LogP contribution in [0.3, 0.4) is 0 Å². The number of nitrogens with zero attached hydrogens (tertiary/aromatic N) is 3. The molecule has 0 aliphatic rings. The molecule has 7 heteroatoms. The highest BCUT2D eigenvalue weighted by Crippen LogP contribution is 2.13. The second-order valence-electron chi connectivity index (χ2n) is 3.30. The summed E-state index contributed by atoms with van der Waals surface area (Å²) in [5, 5.41) is 7.58. The number of rotatable bonds is 3. The molecule has 0 amide bonds. The lowest BCUT2D eigenvalue weighted by atomic mass is 10.4. The van der Waals surface area contributed by atoms with Crippen LogP contribution in [0.4, 0.5) is 0 Å². The second-order valence-corrected chi connectivity index (χ2v) is 5.87. The van der Waals surface area contributed by atoms with Crippen molar-refractivity contribution in [3.63, 3.8) is 0 Å². The molecule has 0 fully saturated rings. The van der Waals surface area contributed by atoms with E-state index in [0.29, 0.717) is 5.69 Å². The van der Waals surface area contributed by atoms with E-state index in [4.69, 9.17) is 16.9 Å². The van der Waals surface area contributed by atoms with Gasteiger partial charge in [-0.25, -0.2) is 18.4 Å². The maximum atomic E-state index is 11.9. The lowest BCUT2D eigenvalue weighted by molar-refractivity contribution is 0.577. The fourth-order valence-corrected chi connectivity index (χ4v) is 2.51. The predicted octanol–water partition coefficient (Wildman–Crippen LogP) is 1.06. The second kappa shape index (κ2) is 4.76. The number of nitriles is 1. The van der Waals surface area contributed by atoms with Gasteiger partial charge in [-0.3, -0.25) is 0 Å². The van der Waals surface area contributed by atoms with Gasteiger partial charge in [0.25, 0.3) is 0 Å². The Labute approximate surface area is 99.0 Å². The molecule has 86 valence electrons.